The summed E-state index contributed by atoms with van der Waals surface area (Å²) < 4.78 is 55.5. The molecule has 2 saturated heterocycles. The summed E-state index contributed by atoms with van der Waals surface area (Å²) in [5.41, 5.74) is 2.51. The van der Waals surface area contributed by atoms with E-state index in [1.54, 1.807) is 12.1 Å². The molecule has 7 nitrogen and oxygen atoms in total. The first kappa shape index (κ1) is 31.2. The number of aliphatic hydroxyl groups is 1. The van der Waals surface area contributed by atoms with Crippen molar-refractivity contribution >= 4 is 5.91 Å². The van der Waals surface area contributed by atoms with Crippen LogP contribution in [0.4, 0.5) is 13.2 Å². The van der Waals surface area contributed by atoms with Gasteiger partial charge in [-0.3, -0.25) is 9.69 Å². The van der Waals surface area contributed by atoms with Gasteiger partial charge in [-0.05, 0) is 98.7 Å². The first-order valence-corrected chi connectivity index (χ1v) is 17.7. The lowest BCUT2D eigenvalue weighted by molar-refractivity contribution is -0.274. The van der Waals surface area contributed by atoms with E-state index >= 15 is 0 Å². The van der Waals surface area contributed by atoms with Crippen molar-refractivity contribution in [3.05, 3.63) is 89.0 Å². The number of hydrogen-bond donors (Lipinski definition) is 1. The molecule has 10 heteroatoms. The summed E-state index contributed by atoms with van der Waals surface area (Å²) in [6.45, 7) is 2.88. The highest BCUT2D eigenvalue weighted by atomic mass is 19.4. The molecule has 4 fully saturated rings. The highest BCUT2D eigenvalue weighted by molar-refractivity contribution is 5.82. The Hall–Kier alpha value is -3.76. The van der Waals surface area contributed by atoms with E-state index in [9.17, 15) is 23.1 Å². The minimum Gasteiger partial charge on any atom is -0.485 e. The molecular weight excluding hydrogens is 633 g/mol. The molecule has 1 amide bonds. The fraction of sp³-hybridized carbons (Fsp3) is 0.513. The van der Waals surface area contributed by atoms with Crippen LogP contribution in [0.1, 0.15) is 60.8 Å². The van der Waals surface area contributed by atoms with E-state index in [2.05, 4.69) is 15.7 Å². The number of benzene rings is 3. The third-order valence-electron chi connectivity index (χ3n) is 12.3. The minimum atomic E-state index is -4.75. The number of halogens is 3. The average Bonchev–Trinajstić information content (AvgIpc) is 3.73. The topological polar surface area (TPSA) is 71.5 Å². The van der Waals surface area contributed by atoms with Gasteiger partial charge in [0, 0.05) is 30.6 Å². The number of piperidine rings is 1. The Morgan fingerprint density at radius 1 is 0.918 bits per heavy atom. The Labute approximate surface area is 283 Å². The van der Waals surface area contributed by atoms with E-state index in [-0.39, 0.29) is 29.7 Å². The van der Waals surface area contributed by atoms with Crippen molar-refractivity contribution in [2.45, 2.75) is 93.5 Å². The second-order valence-electron chi connectivity index (χ2n) is 15.1. The number of nitrogens with zero attached hydrogens (tertiary/aromatic N) is 2. The fourth-order valence-electron chi connectivity index (χ4n) is 10.0. The molecular formula is C39H41F3N2O5. The minimum absolute atomic E-state index is 0.00485. The molecule has 6 aliphatic rings. The van der Waals surface area contributed by atoms with Crippen molar-refractivity contribution in [3.63, 3.8) is 0 Å². The smallest absolute Gasteiger partial charge is 0.485 e. The van der Waals surface area contributed by atoms with Gasteiger partial charge in [-0.1, -0.05) is 48.5 Å². The molecule has 49 heavy (non-hydrogen) atoms. The van der Waals surface area contributed by atoms with Gasteiger partial charge in [0.2, 0.25) is 5.91 Å². The number of hydrogen-bond acceptors (Lipinski definition) is 6. The summed E-state index contributed by atoms with van der Waals surface area (Å²) in [5, 5.41) is 13.0. The zero-order valence-electron chi connectivity index (χ0n) is 27.3. The van der Waals surface area contributed by atoms with Crippen molar-refractivity contribution in [2.75, 3.05) is 19.6 Å². The Morgan fingerprint density at radius 3 is 2.47 bits per heavy atom. The molecule has 6 atom stereocenters. The van der Waals surface area contributed by atoms with Gasteiger partial charge in [0.05, 0.1) is 17.1 Å². The number of amides is 1. The lowest BCUT2D eigenvalue weighted by Gasteiger charge is -2.64. The predicted octanol–water partition coefficient (Wildman–Crippen LogP) is 6.19. The van der Waals surface area contributed by atoms with Crippen LogP contribution in [0, 0.1) is 11.8 Å². The number of likely N-dealkylation sites (tertiary alicyclic amines) is 2. The lowest BCUT2D eigenvalue weighted by atomic mass is 9.48. The summed E-state index contributed by atoms with van der Waals surface area (Å²) in [7, 11) is 0. The SMILES string of the molecule is O=C1C(Cc2ccc(OC(F)(F)F)cc2)CCN1C1CC[C@@]2(O)[C@H]3Cc4ccc(OCc5ccccc5)c5c4[C@@]2(CCN3CC2CC2)C1O5. The molecule has 3 unspecified atom stereocenters. The van der Waals surface area contributed by atoms with E-state index < -0.39 is 23.5 Å². The average molecular weight is 675 g/mol. The first-order chi connectivity index (χ1) is 23.6. The van der Waals surface area contributed by atoms with Gasteiger partial charge in [-0.25, -0.2) is 0 Å². The molecule has 2 saturated carbocycles. The molecule has 0 radical (unpaired) electrons. The van der Waals surface area contributed by atoms with E-state index in [4.69, 9.17) is 9.47 Å². The number of alkyl halides is 3. The summed E-state index contributed by atoms with van der Waals surface area (Å²) in [6, 6.07) is 19.8. The van der Waals surface area contributed by atoms with E-state index in [1.165, 1.54) is 30.5 Å². The Morgan fingerprint density at radius 2 is 1.71 bits per heavy atom. The predicted molar refractivity (Wildman–Crippen MR) is 174 cm³/mol. The standard InChI is InChI=1S/C39H41F3N2O5/c40-39(41,42)49-29-11-8-24(9-12-29)20-28-15-18-44(36(28)45)30-14-16-38(46)32-21-27-10-13-31(47-23-26-4-2-1-3-5-26)34-33(27)37(38,35(30)48-34)17-19-43(32)22-25-6-7-25/h1-5,8-13,25,28,30,32,35,46H,6-7,14-23H2/t28?,30?,32-,35?,37+,38-/m1/s1. The fourth-order valence-corrected chi connectivity index (χ4v) is 10.0. The van der Waals surface area contributed by atoms with Crippen molar-refractivity contribution in [1.29, 1.82) is 0 Å². The molecule has 1 spiro atoms. The van der Waals surface area contributed by atoms with Crippen LogP contribution in [-0.4, -0.2) is 70.6 Å². The summed E-state index contributed by atoms with van der Waals surface area (Å²) >= 11 is 0. The third kappa shape index (κ3) is 5.11. The van der Waals surface area contributed by atoms with E-state index in [0.29, 0.717) is 50.5 Å². The second-order valence-corrected chi connectivity index (χ2v) is 15.1. The normalized spacial score (nSPS) is 31.8. The Bertz CT molecular complexity index is 1750. The van der Waals surface area contributed by atoms with Crippen LogP contribution < -0.4 is 14.2 Å². The Kier molecular flexibility index (Phi) is 7.26. The van der Waals surface area contributed by atoms with Crippen LogP contribution in [0.2, 0.25) is 0 Å². The van der Waals surface area contributed by atoms with Crippen LogP contribution in [0.15, 0.2) is 66.7 Å². The van der Waals surface area contributed by atoms with Crippen LogP contribution in [0.3, 0.4) is 0 Å². The van der Waals surface area contributed by atoms with Gasteiger partial charge in [0.25, 0.3) is 0 Å². The van der Waals surface area contributed by atoms with Crippen molar-refractivity contribution < 1.29 is 37.3 Å². The molecule has 3 aromatic rings. The maximum Gasteiger partial charge on any atom is 0.573 e. The quantitative estimate of drug-likeness (QED) is 0.292. The van der Waals surface area contributed by atoms with Crippen molar-refractivity contribution in [2.24, 2.45) is 11.8 Å². The zero-order valence-corrected chi connectivity index (χ0v) is 27.3. The molecule has 3 aliphatic heterocycles. The van der Waals surface area contributed by atoms with Crippen LogP contribution in [0.25, 0.3) is 0 Å². The van der Waals surface area contributed by atoms with Crippen LogP contribution >= 0.6 is 0 Å². The number of ether oxygens (including phenoxy) is 3. The maximum absolute atomic E-state index is 14.1. The molecule has 3 aliphatic carbocycles. The molecule has 2 bridgehead atoms. The highest BCUT2D eigenvalue weighted by Crippen LogP contribution is 2.66. The van der Waals surface area contributed by atoms with Gasteiger partial charge in [-0.15, -0.1) is 13.2 Å². The largest absolute Gasteiger partial charge is 0.573 e. The molecule has 3 aromatic carbocycles. The Balaban J connectivity index is 1.02. The lowest BCUT2D eigenvalue weighted by Crippen LogP contribution is -2.78. The number of rotatable bonds is 9. The van der Waals surface area contributed by atoms with Gasteiger partial charge in [0.15, 0.2) is 11.5 Å². The second kappa shape index (κ2) is 11.4. The third-order valence-corrected chi connectivity index (χ3v) is 12.3. The first-order valence-electron chi connectivity index (χ1n) is 17.7. The monoisotopic (exact) mass is 674 g/mol. The zero-order chi connectivity index (χ0) is 33.5. The molecule has 1 N–H and O–H groups in total. The van der Waals surface area contributed by atoms with Gasteiger partial charge in [-0.2, -0.15) is 0 Å². The van der Waals surface area contributed by atoms with Crippen LogP contribution in [0.5, 0.6) is 17.2 Å². The van der Waals surface area contributed by atoms with Gasteiger partial charge >= 0.3 is 6.36 Å². The van der Waals surface area contributed by atoms with Gasteiger partial charge in [0.1, 0.15) is 18.5 Å². The summed E-state index contributed by atoms with van der Waals surface area (Å²) in [6.07, 6.45) is 1.21. The molecule has 9 rings (SSSR count). The van der Waals surface area contributed by atoms with Crippen molar-refractivity contribution in [1.82, 2.24) is 9.80 Å². The van der Waals surface area contributed by atoms with Crippen molar-refractivity contribution in [3.8, 4) is 17.2 Å². The summed E-state index contributed by atoms with van der Waals surface area (Å²) in [5.74, 6) is 1.60. The maximum atomic E-state index is 14.1. The van der Waals surface area contributed by atoms with E-state index in [0.717, 1.165) is 48.4 Å². The molecule has 0 aromatic heterocycles. The molecule has 3 heterocycles. The van der Waals surface area contributed by atoms with E-state index in [1.807, 2.05) is 41.3 Å². The number of carbonyl (C=O) groups excluding carboxylic acids is 1. The number of carbonyl (C=O) groups is 1. The van der Waals surface area contributed by atoms with Gasteiger partial charge < -0.3 is 24.2 Å². The highest BCUT2D eigenvalue weighted by Gasteiger charge is 2.74. The molecule has 258 valence electrons. The summed E-state index contributed by atoms with van der Waals surface area (Å²) in [4.78, 5) is 18.7. The van der Waals surface area contributed by atoms with Crippen LogP contribution in [-0.2, 0) is 29.7 Å².